The van der Waals surface area contributed by atoms with Crippen molar-refractivity contribution < 1.29 is 9.84 Å². The van der Waals surface area contributed by atoms with Crippen molar-refractivity contribution >= 4 is 0 Å². The summed E-state index contributed by atoms with van der Waals surface area (Å²) in [5, 5.41) is 12.3. The molecule has 3 nitrogen and oxygen atoms in total. The summed E-state index contributed by atoms with van der Waals surface area (Å²) < 4.78 is 5.61. The standard InChI is InChI=1S/C24H27NO2/c1-18(25(2)3)20-14-8-9-15-21(20)24(26,19-12-6-5-7-13-19)22-16-10-11-17-23(22)27-4/h5-18,26H,1-4H3/t18-,24?/m0/s1. The fourth-order valence-corrected chi connectivity index (χ4v) is 3.55. The molecule has 0 heterocycles. The Balaban J connectivity index is 2.34. The maximum Gasteiger partial charge on any atom is 0.144 e. The second-order valence-electron chi connectivity index (χ2n) is 7.00. The van der Waals surface area contributed by atoms with Crippen LogP contribution in [0, 0.1) is 0 Å². The SMILES string of the molecule is COc1ccccc1C(O)(c1ccccc1)c1ccccc1[C@H](C)N(C)C. The number of benzene rings is 3. The lowest BCUT2D eigenvalue weighted by atomic mass is 9.77. The van der Waals surface area contributed by atoms with Crippen LogP contribution in [0.3, 0.4) is 0 Å². The largest absolute Gasteiger partial charge is 0.496 e. The quantitative estimate of drug-likeness (QED) is 0.651. The molecule has 140 valence electrons. The number of hydrogen-bond acceptors (Lipinski definition) is 3. The van der Waals surface area contributed by atoms with E-state index in [0.717, 1.165) is 22.3 Å². The molecule has 0 amide bonds. The molecule has 0 aliphatic heterocycles. The van der Waals surface area contributed by atoms with E-state index in [0.29, 0.717) is 5.75 Å². The molecule has 0 aromatic heterocycles. The smallest absolute Gasteiger partial charge is 0.144 e. The molecule has 0 aliphatic rings. The molecular formula is C24H27NO2. The number of rotatable bonds is 6. The lowest BCUT2D eigenvalue weighted by molar-refractivity contribution is 0.119. The summed E-state index contributed by atoms with van der Waals surface area (Å²) in [5.74, 6) is 0.663. The normalized spacial score (nSPS) is 14.6. The molecule has 27 heavy (non-hydrogen) atoms. The van der Waals surface area contributed by atoms with Gasteiger partial charge in [-0.2, -0.15) is 0 Å². The number of methoxy groups -OCH3 is 1. The van der Waals surface area contributed by atoms with Crippen molar-refractivity contribution in [1.82, 2.24) is 4.90 Å². The molecular weight excluding hydrogens is 334 g/mol. The van der Waals surface area contributed by atoms with Crippen LogP contribution in [-0.2, 0) is 5.60 Å². The fraction of sp³-hybridized carbons (Fsp3) is 0.250. The average molecular weight is 361 g/mol. The van der Waals surface area contributed by atoms with Crippen molar-refractivity contribution in [3.63, 3.8) is 0 Å². The summed E-state index contributed by atoms with van der Waals surface area (Å²) in [6, 6.07) is 25.7. The van der Waals surface area contributed by atoms with Crippen molar-refractivity contribution in [2.45, 2.75) is 18.6 Å². The second kappa shape index (κ2) is 7.95. The van der Waals surface area contributed by atoms with Gasteiger partial charge in [-0.15, -0.1) is 0 Å². The first-order chi connectivity index (χ1) is 13.0. The Hall–Kier alpha value is -2.62. The third kappa shape index (κ3) is 3.48. The van der Waals surface area contributed by atoms with E-state index in [4.69, 9.17) is 4.74 Å². The van der Waals surface area contributed by atoms with E-state index in [2.05, 4.69) is 17.9 Å². The molecule has 0 fully saturated rings. The highest BCUT2D eigenvalue weighted by Gasteiger charge is 2.38. The summed E-state index contributed by atoms with van der Waals surface area (Å²) in [6.45, 7) is 2.15. The van der Waals surface area contributed by atoms with Crippen LogP contribution in [0.5, 0.6) is 5.75 Å². The predicted octanol–water partition coefficient (Wildman–Crippen LogP) is 4.60. The van der Waals surface area contributed by atoms with Gasteiger partial charge in [0.05, 0.1) is 7.11 Å². The Labute approximate surface area is 161 Å². The van der Waals surface area contributed by atoms with Gasteiger partial charge in [0.25, 0.3) is 0 Å². The Morgan fingerprint density at radius 2 is 1.37 bits per heavy atom. The van der Waals surface area contributed by atoms with Gasteiger partial charge in [0.15, 0.2) is 0 Å². The van der Waals surface area contributed by atoms with Crippen LogP contribution in [0.15, 0.2) is 78.9 Å². The molecule has 0 spiro atoms. The zero-order chi connectivity index (χ0) is 19.4. The minimum Gasteiger partial charge on any atom is -0.496 e. The van der Waals surface area contributed by atoms with Crippen molar-refractivity contribution in [3.8, 4) is 5.75 Å². The summed E-state index contributed by atoms with van der Waals surface area (Å²) in [5.41, 5.74) is 2.17. The molecule has 0 aliphatic carbocycles. The van der Waals surface area contributed by atoms with Gasteiger partial charge in [0, 0.05) is 11.6 Å². The first-order valence-electron chi connectivity index (χ1n) is 9.17. The van der Waals surface area contributed by atoms with Crippen LogP contribution >= 0.6 is 0 Å². The first kappa shape index (κ1) is 19.2. The van der Waals surface area contributed by atoms with Crippen molar-refractivity contribution in [1.29, 1.82) is 0 Å². The van der Waals surface area contributed by atoms with Crippen molar-refractivity contribution in [2.75, 3.05) is 21.2 Å². The van der Waals surface area contributed by atoms with Gasteiger partial charge in [-0.1, -0.05) is 72.8 Å². The Bertz CT molecular complexity index is 892. The molecule has 0 radical (unpaired) electrons. The van der Waals surface area contributed by atoms with Crippen LogP contribution in [0.2, 0.25) is 0 Å². The fourth-order valence-electron chi connectivity index (χ4n) is 3.55. The molecule has 3 aromatic carbocycles. The topological polar surface area (TPSA) is 32.7 Å². The second-order valence-corrected chi connectivity index (χ2v) is 7.00. The Morgan fingerprint density at radius 1 is 0.815 bits per heavy atom. The number of nitrogens with zero attached hydrogens (tertiary/aromatic N) is 1. The van der Waals surface area contributed by atoms with E-state index in [9.17, 15) is 5.11 Å². The lowest BCUT2D eigenvalue weighted by Gasteiger charge is -2.35. The molecule has 3 heteroatoms. The highest BCUT2D eigenvalue weighted by atomic mass is 16.5. The Kier molecular flexibility index (Phi) is 5.64. The van der Waals surface area contributed by atoms with Crippen LogP contribution in [0.4, 0.5) is 0 Å². The number of para-hydroxylation sites is 1. The van der Waals surface area contributed by atoms with E-state index in [1.807, 2.05) is 86.9 Å². The summed E-state index contributed by atoms with van der Waals surface area (Å²) in [4.78, 5) is 2.15. The highest BCUT2D eigenvalue weighted by molar-refractivity contribution is 5.54. The van der Waals surface area contributed by atoms with Gasteiger partial charge in [-0.05, 0) is 43.8 Å². The van der Waals surface area contributed by atoms with Gasteiger partial charge < -0.3 is 14.7 Å². The molecule has 3 aromatic rings. The zero-order valence-corrected chi connectivity index (χ0v) is 16.4. The zero-order valence-electron chi connectivity index (χ0n) is 16.4. The first-order valence-corrected chi connectivity index (χ1v) is 9.17. The molecule has 0 saturated carbocycles. The molecule has 3 rings (SSSR count). The summed E-state index contributed by atoms with van der Waals surface area (Å²) >= 11 is 0. The summed E-state index contributed by atoms with van der Waals surface area (Å²) in [7, 11) is 5.73. The van der Waals surface area contributed by atoms with Gasteiger partial charge in [0.1, 0.15) is 11.4 Å². The monoisotopic (exact) mass is 361 g/mol. The van der Waals surface area contributed by atoms with Gasteiger partial charge >= 0.3 is 0 Å². The van der Waals surface area contributed by atoms with Crippen LogP contribution in [0.25, 0.3) is 0 Å². The molecule has 2 atom stereocenters. The minimum absolute atomic E-state index is 0.145. The van der Waals surface area contributed by atoms with E-state index in [1.165, 1.54) is 0 Å². The van der Waals surface area contributed by atoms with Crippen molar-refractivity contribution in [3.05, 3.63) is 101 Å². The lowest BCUT2D eigenvalue weighted by Crippen LogP contribution is -2.32. The van der Waals surface area contributed by atoms with Crippen molar-refractivity contribution in [2.24, 2.45) is 0 Å². The maximum absolute atomic E-state index is 12.3. The maximum atomic E-state index is 12.3. The molecule has 1 unspecified atom stereocenters. The number of aliphatic hydroxyl groups is 1. The van der Waals surface area contributed by atoms with E-state index in [1.54, 1.807) is 7.11 Å². The van der Waals surface area contributed by atoms with Gasteiger partial charge in [0.2, 0.25) is 0 Å². The molecule has 0 bridgehead atoms. The van der Waals surface area contributed by atoms with Crippen LogP contribution in [0.1, 0.15) is 35.2 Å². The van der Waals surface area contributed by atoms with Crippen LogP contribution < -0.4 is 4.74 Å². The number of ether oxygens (including phenoxy) is 1. The average Bonchev–Trinajstić information content (AvgIpc) is 2.73. The Morgan fingerprint density at radius 3 is 2.00 bits per heavy atom. The van der Waals surface area contributed by atoms with Crippen LogP contribution in [-0.4, -0.2) is 31.2 Å². The third-order valence-electron chi connectivity index (χ3n) is 5.26. The van der Waals surface area contributed by atoms with E-state index >= 15 is 0 Å². The highest BCUT2D eigenvalue weighted by Crippen LogP contribution is 2.43. The summed E-state index contributed by atoms with van der Waals surface area (Å²) in [6.07, 6.45) is 0. The molecule has 1 N–H and O–H groups in total. The molecule has 0 saturated heterocycles. The van der Waals surface area contributed by atoms with Gasteiger partial charge in [-0.3, -0.25) is 0 Å². The predicted molar refractivity (Wildman–Crippen MR) is 110 cm³/mol. The van der Waals surface area contributed by atoms with E-state index < -0.39 is 5.60 Å². The van der Waals surface area contributed by atoms with Gasteiger partial charge in [-0.25, -0.2) is 0 Å². The minimum atomic E-state index is -1.32. The third-order valence-corrected chi connectivity index (χ3v) is 5.26. The number of hydrogen-bond donors (Lipinski definition) is 1. The van der Waals surface area contributed by atoms with E-state index in [-0.39, 0.29) is 6.04 Å².